The number of amides is 1. The van der Waals surface area contributed by atoms with Gasteiger partial charge in [0.1, 0.15) is 11.4 Å². The minimum Gasteiger partial charge on any atom is -0.383 e. The summed E-state index contributed by atoms with van der Waals surface area (Å²) in [6, 6.07) is 3.83. The van der Waals surface area contributed by atoms with Gasteiger partial charge >= 0.3 is 0 Å². The first-order chi connectivity index (χ1) is 8.27. The number of nitrogens with zero attached hydrogens (tertiary/aromatic N) is 2. The van der Waals surface area contributed by atoms with Gasteiger partial charge in [-0.1, -0.05) is 0 Å². The van der Waals surface area contributed by atoms with Crippen LogP contribution in [-0.4, -0.2) is 27.6 Å². The first kappa shape index (κ1) is 11.1. The summed E-state index contributed by atoms with van der Waals surface area (Å²) in [5.74, 6) is 0.0664. The number of carbonyl (C=O) groups excluding carboxylic acids is 1. The first-order valence-electron chi connectivity index (χ1n) is 5.23. The molecule has 6 heteroatoms. The molecule has 1 amide bonds. The highest BCUT2D eigenvalue weighted by molar-refractivity contribution is 5.98. The fourth-order valence-corrected chi connectivity index (χ4v) is 1.44. The second-order valence-electron chi connectivity index (χ2n) is 3.56. The largest absolute Gasteiger partial charge is 0.383 e. The summed E-state index contributed by atoms with van der Waals surface area (Å²) in [5.41, 5.74) is 7.04. The summed E-state index contributed by atoms with van der Waals surface area (Å²) in [5, 5.41) is 8.98. The van der Waals surface area contributed by atoms with Gasteiger partial charge in [-0.3, -0.25) is 14.9 Å². The predicted octanol–water partition coefficient (Wildman–Crippen LogP) is 0.359. The van der Waals surface area contributed by atoms with Crippen molar-refractivity contribution in [2.45, 2.75) is 6.42 Å². The van der Waals surface area contributed by atoms with Crippen LogP contribution in [0, 0.1) is 0 Å². The van der Waals surface area contributed by atoms with Crippen LogP contribution in [0.2, 0.25) is 0 Å². The lowest BCUT2D eigenvalue weighted by atomic mass is 10.2. The number of hydrogen-bond acceptors (Lipinski definition) is 4. The molecule has 2 aromatic rings. The number of nitrogens with two attached hydrogens (primary N) is 1. The molecule has 0 radical (unpaired) electrons. The summed E-state index contributed by atoms with van der Waals surface area (Å²) >= 11 is 0. The molecule has 2 heterocycles. The van der Waals surface area contributed by atoms with Crippen LogP contribution in [0.15, 0.2) is 30.7 Å². The highest BCUT2D eigenvalue weighted by Crippen LogP contribution is 2.05. The highest BCUT2D eigenvalue weighted by atomic mass is 16.1. The molecule has 2 aromatic heterocycles. The third-order valence-electron chi connectivity index (χ3n) is 2.36. The molecule has 0 aromatic carbocycles. The van der Waals surface area contributed by atoms with E-state index in [1.807, 2.05) is 12.1 Å². The van der Waals surface area contributed by atoms with Crippen LogP contribution >= 0.6 is 0 Å². The molecule has 0 fully saturated rings. The molecule has 0 aliphatic heterocycles. The zero-order valence-corrected chi connectivity index (χ0v) is 9.18. The van der Waals surface area contributed by atoms with E-state index in [9.17, 15) is 4.79 Å². The summed E-state index contributed by atoms with van der Waals surface area (Å²) in [7, 11) is 0. The number of anilines is 1. The number of aromatic nitrogens is 3. The van der Waals surface area contributed by atoms with Crippen molar-refractivity contribution < 1.29 is 4.79 Å². The first-order valence-corrected chi connectivity index (χ1v) is 5.23. The lowest BCUT2D eigenvalue weighted by Crippen LogP contribution is -2.26. The van der Waals surface area contributed by atoms with Crippen molar-refractivity contribution in [1.82, 2.24) is 20.5 Å². The summed E-state index contributed by atoms with van der Waals surface area (Å²) < 4.78 is 0. The third-order valence-corrected chi connectivity index (χ3v) is 2.36. The number of hydrogen-bond donors (Lipinski definition) is 3. The van der Waals surface area contributed by atoms with Crippen molar-refractivity contribution in [2.24, 2.45) is 0 Å². The minimum atomic E-state index is -0.217. The molecule has 2 rings (SSSR count). The Balaban J connectivity index is 1.84. The van der Waals surface area contributed by atoms with Crippen molar-refractivity contribution in [3.63, 3.8) is 0 Å². The van der Waals surface area contributed by atoms with Gasteiger partial charge in [-0.25, -0.2) is 0 Å². The molecule has 4 N–H and O–H groups in total. The van der Waals surface area contributed by atoms with Crippen molar-refractivity contribution >= 4 is 11.7 Å². The van der Waals surface area contributed by atoms with E-state index in [0.717, 1.165) is 12.0 Å². The van der Waals surface area contributed by atoms with E-state index < -0.39 is 0 Å². The number of aromatic amines is 1. The van der Waals surface area contributed by atoms with Gasteiger partial charge in [-0.15, -0.1) is 0 Å². The SMILES string of the molecule is Nc1[nH]ncc1C(=O)NCCc1ccncc1. The van der Waals surface area contributed by atoms with E-state index in [1.165, 1.54) is 6.20 Å². The lowest BCUT2D eigenvalue weighted by molar-refractivity contribution is 0.0955. The third kappa shape index (κ3) is 2.81. The fourth-order valence-electron chi connectivity index (χ4n) is 1.44. The molecule has 6 nitrogen and oxygen atoms in total. The molecule has 17 heavy (non-hydrogen) atoms. The molecular weight excluding hydrogens is 218 g/mol. The fraction of sp³-hybridized carbons (Fsp3) is 0.182. The maximum Gasteiger partial charge on any atom is 0.256 e. The molecule has 0 saturated heterocycles. The van der Waals surface area contributed by atoms with Gasteiger partial charge in [-0.05, 0) is 24.1 Å². The molecule has 88 valence electrons. The van der Waals surface area contributed by atoms with Crippen molar-refractivity contribution in [3.8, 4) is 0 Å². The molecule has 0 spiro atoms. The van der Waals surface area contributed by atoms with Crippen LogP contribution in [0.5, 0.6) is 0 Å². The molecule has 0 bridgehead atoms. The van der Waals surface area contributed by atoms with E-state index in [2.05, 4.69) is 20.5 Å². The van der Waals surface area contributed by atoms with E-state index in [-0.39, 0.29) is 11.7 Å². The zero-order chi connectivity index (χ0) is 12.1. The van der Waals surface area contributed by atoms with Crippen LogP contribution in [0.3, 0.4) is 0 Å². The Labute approximate surface area is 98.3 Å². The van der Waals surface area contributed by atoms with Crippen LogP contribution in [-0.2, 0) is 6.42 Å². The van der Waals surface area contributed by atoms with Gasteiger partial charge in [0.25, 0.3) is 5.91 Å². The predicted molar refractivity (Wildman–Crippen MR) is 63.3 cm³/mol. The van der Waals surface area contributed by atoms with E-state index >= 15 is 0 Å². The number of pyridine rings is 1. The molecule has 0 unspecified atom stereocenters. The lowest BCUT2D eigenvalue weighted by Gasteiger charge is -2.04. The minimum absolute atomic E-state index is 0.217. The van der Waals surface area contributed by atoms with Crippen LogP contribution in [0.1, 0.15) is 15.9 Å². The number of rotatable bonds is 4. The number of H-pyrrole nitrogens is 1. The van der Waals surface area contributed by atoms with Gasteiger partial charge < -0.3 is 11.1 Å². The van der Waals surface area contributed by atoms with Crippen molar-refractivity contribution in [3.05, 3.63) is 41.9 Å². The number of nitrogens with one attached hydrogen (secondary N) is 2. The molecule has 0 aliphatic carbocycles. The van der Waals surface area contributed by atoms with Gasteiger partial charge in [0.2, 0.25) is 0 Å². The van der Waals surface area contributed by atoms with Gasteiger partial charge in [0.05, 0.1) is 6.20 Å². The van der Waals surface area contributed by atoms with Crippen LogP contribution in [0.25, 0.3) is 0 Å². The topological polar surface area (TPSA) is 96.7 Å². The Hall–Kier alpha value is -2.37. The average molecular weight is 231 g/mol. The van der Waals surface area contributed by atoms with Crippen LogP contribution < -0.4 is 11.1 Å². The second-order valence-corrected chi connectivity index (χ2v) is 3.56. The van der Waals surface area contributed by atoms with Gasteiger partial charge in [-0.2, -0.15) is 5.10 Å². The van der Waals surface area contributed by atoms with E-state index in [1.54, 1.807) is 12.4 Å². The molecule has 0 atom stereocenters. The number of carbonyl (C=O) groups is 1. The average Bonchev–Trinajstić information content (AvgIpc) is 2.77. The smallest absolute Gasteiger partial charge is 0.256 e. The van der Waals surface area contributed by atoms with Crippen molar-refractivity contribution in [2.75, 3.05) is 12.3 Å². The Morgan fingerprint density at radius 3 is 2.82 bits per heavy atom. The van der Waals surface area contributed by atoms with E-state index in [0.29, 0.717) is 12.1 Å². The monoisotopic (exact) mass is 231 g/mol. The Bertz CT molecular complexity index is 494. The molecular formula is C11H13N5O. The summed E-state index contributed by atoms with van der Waals surface area (Å²) in [6.07, 6.45) is 5.62. The zero-order valence-electron chi connectivity index (χ0n) is 9.18. The van der Waals surface area contributed by atoms with Crippen LogP contribution in [0.4, 0.5) is 5.82 Å². The van der Waals surface area contributed by atoms with E-state index in [4.69, 9.17) is 5.73 Å². The maximum atomic E-state index is 11.7. The number of nitrogen functional groups attached to an aromatic ring is 1. The molecule has 0 aliphatic rings. The Morgan fingerprint density at radius 1 is 1.41 bits per heavy atom. The maximum absolute atomic E-state index is 11.7. The Kier molecular flexibility index (Phi) is 3.34. The standard InChI is InChI=1S/C11H13N5O/c12-10-9(7-15-16-10)11(17)14-6-3-8-1-4-13-5-2-8/h1-2,4-5,7H,3,6H2,(H,14,17)(H3,12,15,16). The molecule has 0 saturated carbocycles. The highest BCUT2D eigenvalue weighted by Gasteiger charge is 2.10. The normalized spacial score (nSPS) is 10.1. The Morgan fingerprint density at radius 2 is 2.18 bits per heavy atom. The second kappa shape index (κ2) is 5.11. The quantitative estimate of drug-likeness (QED) is 0.707. The summed E-state index contributed by atoms with van der Waals surface area (Å²) in [6.45, 7) is 0.549. The summed E-state index contributed by atoms with van der Waals surface area (Å²) in [4.78, 5) is 15.6. The van der Waals surface area contributed by atoms with Gasteiger partial charge in [0.15, 0.2) is 0 Å². The van der Waals surface area contributed by atoms with Gasteiger partial charge in [0, 0.05) is 18.9 Å². The van der Waals surface area contributed by atoms with Crippen molar-refractivity contribution in [1.29, 1.82) is 0 Å².